The van der Waals surface area contributed by atoms with E-state index in [0.717, 1.165) is 25.7 Å². The highest BCUT2D eigenvalue weighted by Gasteiger charge is 2.23. The highest BCUT2D eigenvalue weighted by Crippen LogP contribution is 2.18. The Kier molecular flexibility index (Phi) is 3.96. The average molecular weight is 183 g/mol. The van der Waals surface area contributed by atoms with E-state index in [4.69, 9.17) is 0 Å². The zero-order valence-corrected chi connectivity index (χ0v) is 7.99. The molecule has 1 saturated carbocycles. The lowest BCUT2D eigenvalue weighted by Crippen LogP contribution is -2.44. The number of hydrogen-bond acceptors (Lipinski definition) is 2. The molecule has 0 bridgehead atoms. The summed E-state index contributed by atoms with van der Waals surface area (Å²) in [5.74, 6) is -0.103. The second kappa shape index (κ2) is 5.02. The molecule has 0 unspecified atom stereocenters. The Bertz CT molecular complexity index is 201. The van der Waals surface area contributed by atoms with Gasteiger partial charge in [0.2, 0.25) is 5.91 Å². The molecule has 1 rings (SSSR count). The summed E-state index contributed by atoms with van der Waals surface area (Å²) in [5, 5.41) is 12.3. The molecule has 1 aliphatic carbocycles. The first kappa shape index (κ1) is 10.3. The first-order chi connectivity index (χ1) is 6.24. The van der Waals surface area contributed by atoms with Crippen molar-refractivity contribution in [1.82, 2.24) is 5.32 Å². The van der Waals surface area contributed by atoms with Crippen molar-refractivity contribution in [3.05, 3.63) is 12.2 Å². The maximum atomic E-state index is 11.1. The monoisotopic (exact) mass is 183 g/mol. The van der Waals surface area contributed by atoms with Crippen LogP contribution in [-0.4, -0.2) is 23.2 Å². The van der Waals surface area contributed by atoms with Crippen molar-refractivity contribution >= 4 is 5.91 Å². The smallest absolute Gasteiger partial charge is 0.243 e. The number of rotatable bonds is 2. The molecule has 1 aliphatic rings. The number of carbonyl (C=O) groups is 1. The summed E-state index contributed by atoms with van der Waals surface area (Å²) in [6, 6.07) is -0.0440. The molecule has 2 N–H and O–H groups in total. The van der Waals surface area contributed by atoms with Crippen LogP contribution < -0.4 is 5.32 Å². The van der Waals surface area contributed by atoms with Crippen molar-refractivity contribution in [2.45, 2.75) is 44.8 Å². The van der Waals surface area contributed by atoms with Gasteiger partial charge in [-0.1, -0.05) is 18.9 Å². The second-order valence-corrected chi connectivity index (χ2v) is 3.47. The second-order valence-electron chi connectivity index (χ2n) is 3.47. The number of allylic oxidation sites excluding steroid dienone is 1. The molecule has 13 heavy (non-hydrogen) atoms. The highest BCUT2D eigenvalue weighted by molar-refractivity contribution is 5.87. The van der Waals surface area contributed by atoms with Crippen molar-refractivity contribution < 1.29 is 9.90 Å². The minimum absolute atomic E-state index is 0.0440. The number of aliphatic hydroxyl groups is 1. The van der Waals surface area contributed by atoms with Crippen LogP contribution in [0.15, 0.2) is 12.2 Å². The van der Waals surface area contributed by atoms with E-state index in [1.807, 2.05) is 0 Å². The lowest BCUT2D eigenvalue weighted by atomic mass is 9.92. The summed E-state index contributed by atoms with van der Waals surface area (Å²) < 4.78 is 0. The summed E-state index contributed by atoms with van der Waals surface area (Å²) >= 11 is 0. The van der Waals surface area contributed by atoms with Gasteiger partial charge < -0.3 is 10.4 Å². The van der Waals surface area contributed by atoms with Crippen LogP contribution in [0.2, 0.25) is 0 Å². The van der Waals surface area contributed by atoms with Gasteiger partial charge in [-0.15, -0.1) is 0 Å². The molecule has 3 nitrogen and oxygen atoms in total. The van der Waals surface area contributed by atoms with Gasteiger partial charge in [0.1, 0.15) is 0 Å². The molecular weight excluding hydrogens is 166 g/mol. The first-order valence-corrected chi connectivity index (χ1v) is 4.85. The molecule has 0 aliphatic heterocycles. The van der Waals surface area contributed by atoms with E-state index in [0.29, 0.717) is 0 Å². The molecule has 1 amide bonds. The molecule has 2 atom stereocenters. The molecule has 74 valence electrons. The van der Waals surface area contributed by atoms with Gasteiger partial charge in [-0.25, -0.2) is 0 Å². The third kappa shape index (κ3) is 3.19. The summed E-state index contributed by atoms with van der Waals surface area (Å²) in [6.07, 6.45) is 6.69. The molecule has 3 heteroatoms. The Hall–Kier alpha value is -0.830. The van der Waals surface area contributed by atoms with Gasteiger partial charge in [0.05, 0.1) is 12.1 Å². The summed E-state index contributed by atoms with van der Waals surface area (Å²) in [6.45, 7) is 1.80. The summed E-state index contributed by atoms with van der Waals surface area (Å²) in [7, 11) is 0. The Labute approximate surface area is 78.8 Å². The van der Waals surface area contributed by atoms with E-state index >= 15 is 0 Å². The van der Waals surface area contributed by atoms with Crippen molar-refractivity contribution in [1.29, 1.82) is 0 Å². The van der Waals surface area contributed by atoms with E-state index in [1.165, 1.54) is 6.08 Å². The van der Waals surface area contributed by atoms with Crippen LogP contribution in [0.4, 0.5) is 0 Å². The van der Waals surface area contributed by atoms with Gasteiger partial charge in [0, 0.05) is 0 Å². The van der Waals surface area contributed by atoms with E-state index in [9.17, 15) is 9.90 Å². The lowest BCUT2D eigenvalue weighted by molar-refractivity contribution is -0.118. The Balaban J connectivity index is 2.37. The van der Waals surface area contributed by atoms with Crippen LogP contribution in [0.3, 0.4) is 0 Å². The largest absolute Gasteiger partial charge is 0.391 e. The normalized spacial score (nSPS) is 29.1. The number of amides is 1. The van der Waals surface area contributed by atoms with Gasteiger partial charge in [-0.2, -0.15) is 0 Å². The quantitative estimate of drug-likeness (QED) is 0.627. The minimum atomic E-state index is -0.358. The van der Waals surface area contributed by atoms with Crippen LogP contribution in [0.1, 0.15) is 32.6 Å². The topological polar surface area (TPSA) is 49.3 Å². The summed E-state index contributed by atoms with van der Waals surface area (Å²) in [5.41, 5.74) is 0. The number of carbonyl (C=O) groups excluding carboxylic acids is 1. The molecule has 0 radical (unpaired) electrons. The minimum Gasteiger partial charge on any atom is -0.391 e. The number of aliphatic hydroxyl groups excluding tert-OH is 1. The van der Waals surface area contributed by atoms with E-state index in [2.05, 4.69) is 5.32 Å². The molecule has 0 heterocycles. The van der Waals surface area contributed by atoms with Crippen molar-refractivity contribution in [3.8, 4) is 0 Å². The van der Waals surface area contributed by atoms with Gasteiger partial charge in [-0.3, -0.25) is 4.79 Å². The molecule has 0 aromatic rings. The van der Waals surface area contributed by atoms with Gasteiger partial charge in [-0.05, 0) is 25.8 Å². The predicted molar refractivity (Wildman–Crippen MR) is 51.2 cm³/mol. The third-order valence-corrected chi connectivity index (χ3v) is 2.38. The average Bonchev–Trinajstić information content (AvgIpc) is 2.09. The molecule has 1 fully saturated rings. The van der Waals surface area contributed by atoms with Gasteiger partial charge in [0.15, 0.2) is 0 Å². The van der Waals surface area contributed by atoms with Gasteiger partial charge >= 0.3 is 0 Å². The van der Waals surface area contributed by atoms with Crippen LogP contribution in [0.25, 0.3) is 0 Å². The predicted octanol–water partition coefficient (Wildman–Crippen LogP) is 0.982. The third-order valence-electron chi connectivity index (χ3n) is 2.38. The lowest BCUT2D eigenvalue weighted by Gasteiger charge is -2.27. The van der Waals surface area contributed by atoms with Crippen LogP contribution in [-0.2, 0) is 4.79 Å². The standard InChI is InChI=1S/C10H17NO2/c1-2-5-10(13)11-8-6-3-4-7-9(8)12/h2,5,8-9,12H,3-4,6-7H2,1H3,(H,11,13)/b5-2+/t8-,9-/m0/s1. The zero-order chi connectivity index (χ0) is 9.68. The first-order valence-electron chi connectivity index (χ1n) is 4.85. The molecule has 0 saturated heterocycles. The number of nitrogens with one attached hydrogen (secondary N) is 1. The number of hydrogen-bond donors (Lipinski definition) is 2. The fourth-order valence-electron chi connectivity index (χ4n) is 1.66. The van der Waals surface area contributed by atoms with Crippen molar-refractivity contribution in [3.63, 3.8) is 0 Å². The van der Waals surface area contributed by atoms with Crippen molar-refractivity contribution in [2.75, 3.05) is 0 Å². The molecular formula is C10H17NO2. The summed E-state index contributed by atoms with van der Waals surface area (Å²) in [4.78, 5) is 11.1. The van der Waals surface area contributed by atoms with Crippen LogP contribution in [0, 0.1) is 0 Å². The Morgan fingerprint density at radius 2 is 2.15 bits per heavy atom. The van der Waals surface area contributed by atoms with E-state index in [-0.39, 0.29) is 18.1 Å². The van der Waals surface area contributed by atoms with Crippen LogP contribution >= 0.6 is 0 Å². The maximum Gasteiger partial charge on any atom is 0.243 e. The zero-order valence-electron chi connectivity index (χ0n) is 7.99. The van der Waals surface area contributed by atoms with Gasteiger partial charge in [0.25, 0.3) is 0 Å². The maximum absolute atomic E-state index is 11.1. The fourth-order valence-corrected chi connectivity index (χ4v) is 1.66. The van der Waals surface area contributed by atoms with Crippen molar-refractivity contribution in [2.24, 2.45) is 0 Å². The SMILES string of the molecule is C/C=C/C(=O)N[C@H]1CCCC[C@@H]1O. The van der Waals surface area contributed by atoms with E-state index in [1.54, 1.807) is 13.0 Å². The molecule has 0 spiro atoms. The fraction of sp³-hybridized carbons (Fsp3) is 0.700. The molecule has 0 aromatic carbocycles. The Morgan fingerprint density at radius 3 is 2.77 bits per heavy atom. The van der Waals surface area contributed by atoms with E-state index < -0.39 is 0 Å². The Morgan fingerprint density at radius 1 is 1.46 bits per heavy atom. The molecule has 0 aromatic heterocycles. The highest BCUT2D eigenvalue weighted by atomic mass is 16.3. The van der Waals surface area contributed by atoms with Crippen LogP contribution in [0.5, 0.6) is 0 Å².